The van der Waals surface area contributed by atoms with E-state index < -0.39 is 34.4 Å². The standard InChI is InChI=1S/C30H34Cl3N3O5S/c1-5-20(3)34-30(38)21(4)35(18-24-25(32)10-9-11-26(24)33)29(37)19-36(27-12-7-8-13-28(27)41-6-2)42(39,40)23-16-14-22(31)15-17-23/h7-17,20-21H,5-6,18-19H2,1-4H3,(H,34,38)/t20-,21+/m1/s1. The molecule has 0 aliphatic rings. The third-order valence-electron chi connectivity index (χ3n) is 6.67. The van der Waals surface area contributed by atoms with Crippen LogP contribution >= 0.6 is 34.8 Å². The van der Waals surface area contributed by atoms with Crippen LogP contribution in [-0.2, 0) is 26.2 Å². The van der Waals surface area contributed by atoms with Crippen molar-refractivity contribution in [3.63, 3.8) is 0 Å². The van der Waals surface area contributed by atoms with E-state index in [0.717, 1.165) is 4.31 Å². The van der Waals surface area contributed by atoms with Crippen molar-refractivity contribution < 1.29 is 22.7 Å². The molecule has 3 rings (SSSR count). The summed E-state index contributed by atoms with van der Waals surface area (Å²) in [7, 11) is -4.30. The molecule has 8 nitrogen and oxygen atoms in total. The van der Waals surface area contributed by atoms with Crippen LogP contribution in [0, 0.1) is 0 Å². The molecule has 3 aromatic rings. The summed E-state index contributed by atoms with van der Waals surface area (Å²) in [6.07, 6.45) is 0.685. The molecule has 1 N–H and O–H groups in total. The highest BCUT2D eigenvalue weighted by atomic mass is 35.5. The molecule has 0 aliphatic carbocycles. The van der Waals surface area contributed by atoms with E-state index in [1.54, 1.807) is 56.3 Å². The molecular formula is C30H34Cl3N3O5S. The van der Waals surface area contributed by atoms with E-state index in [1.165, 1.54) is 29.2 Å². The van der Waals surface area contributed by atoms with Gasteiger partial charge in [0.1, 0.15) is 18.3 Å². The second kappa shape index (κ2) is 15.0. The first-order chi connectivity index (χ1) is 19.9. The maximum absolute atomic E-state index is 14.1. The number of hydrogen-bond donors (Lipinski definition) is 1. The van der Waals surface area contributed by atoms with Gasteiger partial charge < -0.3 is 15.0 Å². The monoisotopic (exact) mass is 653 g/mol. The highest BCUT2D eigenvalue weighted by molar-refractivity contribution is 7.92. The molecule has 2 amide bonds. The van der Waals surface area contributed by atoms with Crippen LogP contribution in [0.4, 0.5) is 5.69 Å². The number of nitrogens with zero attached hydrogens (tertiary/aromatic N) is 2. The van der Waals surface area contributed by atoms with E-state index in [9.17, 15) is 18.0 Å². The Hall–Kier alpha value is -2.98. The van der Waals surface area contributed by atoms with Crippen molar-refractivity contribution in [3.05, 3.63) is 87.4 Å². The minimum Gasteiger partial charge on any atom is -0.492 e. The number of amides is 2. The zero-order valence-corrected chi connectivity index (χ0v) is 26.9. The Kier molecular flexibility index (Phi) is 11.9. The van der Waals surface area contributed by atoms with E-state index in [4.69, 9.17) is 39.5 Å². The van der Waals surface area contributed by atoms with Crippen LogP contribution in [0.3, 0.4) is 0 Å². The number of hydrogen-bond acceptors (Lipinski definition) is 5. The van der Waals surface area contributed by atoms with Crippen LogP contribution in [0.1, 0.15) is 39.7 Å². The number of benzene rings is 3. The fraction of sp³-hybridized carbons (Fsp3) is 0.333. The molecule has 226 valence electrons. The van der Waals surface area contributed by atoms with Crippen LogP contribution in [0.2, 0.25) is 15.1 Å². The van der Waals surface area contributed by atoms with Crippen molar-refractivity contribution >= 4 is 62.3 Å². The molecule has 0 aromatic heterocycles. The fourth-order valence-corrected chi connectivity index (χ4v) is 6.16. The van der Waals surface area contributed by atoms with Crippen LogP contribution < -0.4 is 14.4 Å². The summed E-state index contributed by atoms with van der Waals surface area (Å²) in [4.78, 5) is 28.6. The highest BCUT2D eigenvalue weighted by Crippen LogP contribution is 2.33. The molecule has 0 saturated carbocycles. The van der Waals surface area contributed by atoms with E-state index in [2.05, 4.69) is 5.32 Å². The van der Waals surface area contributed by atoms with E-state index in [1.807, 2.05) is 13.8 Å². The van der Waals surface area contributed by atoms with Gasteiger partial charge >= 0.3 is 0 Å². The predicted octanol–water partition coefficient (Wildman–Crippen LogP) is 6.57. The fourth-order valence-electron chi connectivity index (χ4n) is 4.09. The molecule has 0 heterocycles. The van der Waals surface area contributed by atoms with Gasteiger partial charge in [-0.05, 0) is 75.7 Å². The molecule has 0 radical (unpaired) electrons. The van der Waals surface area contributed by atoms with Gasteiger partial charge in [-0.25, -0.2) is 8.42 Å². The summed E-state index contributed by atoms with van der Waals surface area (Å²) in [5, 5.41) is 3.86. The Labute approximate surface area is 262 Å². The average Bonchev–Trinajstić information content (AvgIpc) is 2.96. The van der Waals surface area contributed by atoms with E-state index >= 15 is 0 Å². The smallest absolute Gasteiger partial charge is 0.264 e. The topological polar surface area (TPSA) is 96.0 Å². The summed E-state index contributed by atoms with van der Waals surface area (Å²) >= 11 is 18.9. The minimum absolute atomic E-state index is 0.0748. The van der Waals surface area contributed by atoms with Crippen LogP contribution in [0.15, 0.2) is 71.6 Å². The second-order valence-electron chi connectivity index (χ2n) is 9.58. The summed E-state index contributed by atoms with van der Waals surface area (Å²) in [5.41, 5.74) is 0.592. The Morgan fingerprint density at radius 1 is 0.905 bits per heavy atom. The third kappa shape index (κ3) is 8.10. The maximum atomic E-state index is 14.1. The quantitative estimate of drug-likeness (QED) is 0.225. The van der Waals surface area contributed by atoms with Gasteiger partial charge in [-0.15, -0.1) is 0 Å². The number of sulfonamides is 1. The lowest BCUT2D eigenvalue weighted by molar-refractivity contribution is -0.139. The minimum atomic E-state index is -4.30. The molecule has 2 atom stereocenters. The summed E-state index contributed by atoms with van der Waals surface area (Å²) in [6, 6.07) is 16.0. The van der Waals surface area contributed by atoms with Crippen molar-refractivity contribution in [1.29, 1.82) is 0 Å². The highest BCUT2D eigenvalue weighted by Gasteiger charge is 2.34. The van der Waals surface area contributed by atoms with Crippen molar-refractivity contribution in [2.45, 2.75) is 57.6 Å². The molecule has 0 aliphatic heterocycles. The zero-order chi connectivity index (χ0) is 31.0. The largest absolute Gasteiger partial charge is 0.492 e. The molecule has 0 spiro atoms. The molecule has 0 bridgehead atoms. The van der Waals surface area contributed by atoms with Crippen LogP contribution in [0.5, 0.6) is 5.75 Å². The molecule has 3 aromatic carbocycles. The van der Waals surface area contributed by atoms with Gasteiger partial charge in [0.05, 0.1) is 17.2 Å². The first kappa shape index (κ1) is 33.5. The summed E-state index contributed by atoms with van der Waals surface area (Å²) in [5.74, 6) is -0.780. The first-order valence-corrected chi connectivity index (χ1v) is 16.0. The van der Waals surface area contributed by atoms with Crippen molar-refractivity contribution in [1.82, 2.24) is 10.2 Å². The van der Waals surface area contributed by atoms with Crippen LogP contribution in [-0.4, -0.2) is 50.4 Å². The SMILES string of the molecule is CCOc1ccccc1N(CC(=O)N(Cc1c(Cl)cccc1Cl)[C@@H](C)C(=O)N[C@H](C)CC)S(=O)(=O)c1ccc(Cl)cc1. The number of carbonyl (C=O) groups is 2. The molecule has 0 fully saturated rings. The Bertz CT molecular complexity index is 1480. The lowest BCUT2D eigenvalue weighted by Gasteiger charge is -2.33. The summed E-state index contributed by atoms with van der Waals surface area (Å²) < 4.78 is 34.8. The number of nitrogens with one attached hydrogen (secondary N) is 1. The Balaban J connectivity index is 2.12. The van der Waals surface area contributed by atoms with Gasteiger partial charge in [0.15, 0.2) is 0 Å². The normalized spacial score (nSPS) is 12.7. The molecule has 12 heteroatoms. The average molecular weight is 655 g/mol. The third-order valence-corrected chi connectivity index (χ3v) is 9.41. The lowest BCUT2D eigenvalue weighted by Crippen LogP contribution is -2.52. The van der Waals surface area contributed by atoms with Gasteiger partial charge in [0.25, 0.3) is 10.0 Å². The van der Waals surface area contributed by atoms with Gasteiger partial charge in [-0.3, -0.25) is 13.9 Å². The lowest BCUT2D eigenvalue weighted by atomic mass is 10.1. The van der Waals surface area contributed by atoms with Gasteiger partial charge in [0, 0.05) is 33.2 Å². The first-order valence-electron chi connectivity index (χ1n) is 13.4. The second-order valence-corrected chi connectivity index (χ2v) is 12.7. The summed E-state index contributed by atoms with van der Waals surface area (Å²) in [6.45, 7) is 6.62. The molecular weight excluding hydrogens is 621 g/mol. The Morgan fingerprint density at radius 3 is 2.12 bits per heavy atom. The van der Waals surface area contributed by atoms with E-state index in [-0.39, 0.29) is 35.5 Å². The van der Waals surface area contributed by atoms with Gasteiger partial charge in [0.2, 0.25) is 11.8 Å². The Morgan fingerprint density at radius 2 is 1.52 bits per heavy atom. The van der Waals surface area contributed by atoms with Crippen molar-refractivity contribution in [2.75, 3.05) is 17.5 Å². The molecule has 42 heavy (non-hydrogen) atoms. The number of ether oxygens (including phenoxy) is 1. The number of carbonyl (C=O) groups excluding carboxylic acids is 2. The number of halogens is 3. The van der Waals surface area contributed by atoms with Crippen molar-refractivity contribution in [2.24, 2.45) is 0 Å². The maximum Gasteiger partial charge on any atom is 0.264 e. The number of anilines is 1. The van der Waals surface area contributed by atoms with Gasteiger partial charge in [-0.2, -0.15) is 0 Å². The zero-order valence-electron chi connectivity index (χ0n) is 23.8. The number of rotatable bonds is 13. The predicted molar refractivity (Wildman–Crippen MR) is 168 cm³/mol. The van der Waals surface area contributed by atoms with Crippen molar-refractivity contribution in [3.8, 4) is 5.75 Å². The molecule has 0 unspecified atom stereocenters. The van der Waals surface area contributed by atoms with Crippen LogP contribution in [0.25, 0.3) is 0 Å². The number of para-hydroxylation sites is 2. The van der Waals surface area contributed by atoms with E-state index in [0.29, 0.717) is 27.1 Å². The molecule has 0 saturated heterocycles. The van der Waals surface area contributed by atoms with Gasteiger partial charge in [-0.1, -0.05) is 59.9 Å².